The smallest absolute Gasteiger partial charge is 0.203 e. The minimum atomic E-state index is 0. The van der Waals surface area contributed by atoms with Gasteiger partial charge in [-0.25, -0.2) is 0 Å². The molecule has 3 rings (SSSR count). The standard InChI is InChI=1S/C21H23NO3S2.ClH/c1-23-19-5-4-15(20(24-2)21(19)25-3)12-22-9-6-18(16-7-10-26-13-16)17-8-11-27-14-17;/h4-8,10-11,13-14,22H,9,12H2,1-3H3;1H. The molecule has 150 valence electrons. The van der Waals surface area contributed by atoms with Crippen LogP contribution in [0.2, 0.25) is 0 Å². The highest BCUT2D eigenvalue weighted by molar-refractivity contribution is 7.08. The van der Waals surface area contributed by atoms with Crippen LogP contribution < -0.4 is 31.9 Å². The number of quaternary nitrogens is 1. The van der Waals surface area contributed by atoms with Crippen LogP contribution in [0, 0.1) is 0 Å². The van der Waals surface area contributed by atoms with E-state index in [1.165, 1.54) is 16.7 Å². The van der Waals surface area contributed by atoms with E-state index in [2.05, 4.69) is 45.0 Å². The van der Waals surface area contributed by atoms with Crippen LogP contribution in [0.15, 0.2) is 51.9 Å². The van der Waals surface area contributed by atoms with Crippen LogP contribution in [-0.4, -0.2) is 27.9 Å². The Morgan fingerprint density at radius 2 is 1.54 bits per heavy atom. The summed E-state index contributed by atoms with van der Waals surface area (Å²) in [6.07, 6.45) is 2.29. The quantitative estimate of drug-likeness (QED) is 0.509. The maximum absolute atomic E-state index is 5.57. The summed E-state index contributed by atoms with van der Waals surface area (Å²) in [7, 11) is 4.92. The highest BCUT2D eigenvalue weighted by atomic mass is 35.5. The maximum atomic E-state index is 5.57. The van der Waals surface area contributed by atoms with Crippen LogP contribution in [0.4, 0.5) is 0 Å². The highest BCUT2D eigenvalue weighted by Crippen LogP contribution is 2.39. The van der Waals surface area contributed by atoms with E-state index >= 15 is 0 Å². The fourth-order valence-corrected chi connectivity index (χ4v) is 4.31. The molecule has 0 spiro atoms. The summed E-state index contributed by atoms with van der Waals surface area (Å²) in [5.74, 6) is 2.04. The number of thiophene rings is 2. The van der Waals surface area contributed by atoms with Gasteiger partial charge in [-0.2, -0.15) is 22.7 Å². The van der Waals surface area contributed by atoms with Crippen molar-refractivity contribution in [2.75, 3.05) is 27.9 Å². The number of benzene rings is 1. The molecule has 0 unspecified atom stereocenters. The molecule has 0 saturated heterocycles. The lowest BCUT2D eigenvalue weighted by atomic mass is 10.0. The van der Waals surface area contributed by atoms with Crippen LogP contribution in [0.3, 0.4) is 0 Å². The van der Waals surface area contributed by atoms with Gasteiger partial charge in [-0.15, -0.1) is 0 Å². The third-order valence-electron chi connectivity index (χ3n) is 4.30. The van der Waals surface area contributed by atoms with E-state index in [-0.39, 0.29) is 12.4 Å². The zero-order chi connectivity index (χ0) is 19.1. The fourth-order valence-electron chi connectivity index (χ4n) is 3.00. The number of rotatable bonds is 9. The molecule has 0 amide bonds. The topological polar surface area (TPSA) is 44.3 Å². The van der Waals surface area contributed by atoms with Crippen LogP contribution in [0.25, 0.3) is 5.57 Å². The van der Waals surface area contributed by atoms with Crippen molar-refractivity contribution in [3.05, 3.63) is 68.6 Å². The summed E-state index contributed by atoms with van der Waals surface area (Å²) in [6.45, 7) is 1.67. The Balaban J connectivity index is 0.00000280. The number of methoxy groups -OCH3 is 3. The van der Waals surface area contributed by atoms with E-state index in [9.17, 15) is 0 Å². The summed E-state index contributed by atoms with van der Waals surface area (Å²) in [4.78, 5) is 0. The van der Waals surface area contributed by atoms with E-state index in [1.54, 1.807) is 44.0 Å². The molecule has 0 aliphatic carbocycles. The lowest BCUT2D eigenvalue weighted by Crippen LogP contribution is -3.00. The highest BCUT2D eigenvalue weighted by Gasteiger charge is 2.16. The van der Waals surface area contributed by atoms with Crippen LogP contribution in [0.1, 0.15) is 16.7 Å². The Morgan fingerprint density at radius 3 is 2.04 bits per heavy atom. The molecule has 0 saturated carbocycles. The molecular weight excluding hydrogens is 414 g/mol. The van der Waals surface area contributed by atoms with Gasteiger partial charge < -0.3 is 31.9 Å². The van der Waals surface area contributed by atoms with Gasteiger partial charge in [0.2, 0.25) is 5.75 Å². The molecule has 0 aliphatic heterocycles. The predicted octanol–water partition coefficient (Wildman–Crippen LogP) is 1.03. The minimum absolute atomic E-state index is 0. The SMILES string of the molecule is COc1ccc(C[NH2+]CC=C(c2ccsc2)c2ccsc2)c(OC)c1OC.[Cl-]. The zero-order valence-electron chi connectivity index (χ0n) is 16.1. The van der Waals surface area contributed by atoms with Crippen molar-refractivity contribution in [1.82, 2.24) is 0 Å². The summed E-state index contributed by atoms with van der Waals surface area (Å²) in [6, 6.07) is 8.29. The summed E-state index contributed by atoms with van der Waals surface area (Å²) in [5, 5.41) is 10.9. The lowest BCUT2D eigenvalue weighted by Gasteiger charge is -2.15. The Bertz CT molecular complexity index is 841. The molecule has 7 heteroatoms. The van der Waals surface area contributed by atoms with Gasteiger partial charge in [0.05, 0.1) is 33.4 Å². The van der Waals surface area contributed by atoms with Crippen molar-refractivity contribution < 1.29 is 31.9 Å². The molecule has 4 nitrogen and oxygen atoms in total. The molecule has 1 aromatic carbocycles. The van der Waals surface area contributed by atoms with Crippen molar-refractivity contribution in [1.29, 1.82) is 0 Å². The molecule has 0 bridgehead atoms. The summed E-state index contributed by atoms with van der Waals surface area (Å²) >= 11 is 3.45. The second-order valence-electron chi connectivity index (χ2n) is 5.86. The van der Waals surface area contributed by atoms with E-state index in [0.29, 0.717) is 11.5 Å². The largest absolute Gasteiger partial charge is 1.00 e. The second-order valence-corrected chi connectivity index (χ2v) is 7.42. The third kappa shape index (κ3) is 5.08. The maximum Gasteiger partial charge on any atom is 0.203 e. The average Bonchev–Trinajstić information content (AvgIpc) is 3.41. The Labute approximate surface area is 180 Å². The van der Waals surface area contributed by atoms with Gasteiger partial charge in [0.15, 0.2) is 11.5 Å². The van der Waals surface area contributed by atoms with Gasteiger partial charge in [0.1, 0.15) is 6.54 Å². The van der Waals surface area contributed by atoms with Crippen molar-refractivity contribution in [2.45, 2.75) is 6.54 Å². The van der Waals surface area contributed by atoms with Crippen LogP contribution in [0.5, 0.6) is 17.2 Å². The van der Waals surface area contributed by atoms with Gasteiger partial charge in [0.25, 0.3) is 0 Å². The van der Waals surface area contributed by atoms with Crippen molar-refractivity contribution in [2.24, 2.45) is 0 Å². The monoisotopic (exact) mass is 437 g/mol. The molecule has 2 N–H and O–H groups in total. The molecule has 3 aromatic rings. The van der Waals surface area contributed by atoms with Gasteiger partial charge in [-0.05, 0) is 68.6 Å². The predicted molar refractivity (Wildman–Crippen MR) is 112 cm³/mol. The molecular formula is C21H24ClNO3S2. The molecule has 2 heterocycles. The zero-order valence-corrected chi connectivity index (χ0v) is 18.5. The number of halogens is 1. The molecule has 0 atom stereocenters. The van der Waals surface area contributed by atoms with E-state index < -0.39 is 0 Å². The van der Waals surface area contributed by atoms with Gasteiger partial charge in [0, 0.05) is 0 Å². The van der Waals surface area contributed by atoms with E-state index in [4.69, 9.17) is 14.2 Å². The molecule has 28 heavy (non-hydrogen) atoms. The molecule has 0 aliphatic rings. The molecule has 0 fully saturated rings. The second kappa shape index (κ2) is 11.1. The Morgan fingerprint density at radius 1 is 0.893 bits per heavy atom. The number of hydrogen-bond acceptors (Lipinski definition) is 5. The molecule has 0 radical (unpaired) electrons. The Kier molecular flexibility index (Phi) is 8.86. The van der Waals surface area contributed by atoms with Crippen LogP contribution >= 0.6 is 22.7 Å². The third-order valence-corrected chi connectivity index (χ3v) is 5.67. The summed E-state index contributed by atoms with van der Waals surface area (Å²) in [5.41, 5.74) is 4.91. The van der Waals surface area contributed by atoms with Gasteiger partial charge in [-0.3, -0.25) is 0 Å². The first-order valence-electron chi connectivity index (χ1n) is 8.63. The normalized spacial score (nSPS) is 10.1. The number of ether oxygens (including phenoxy) is 3. The van der Waals surface area contributed by atoms with Crippen molar-refractivity contribution in [3.8, 4) is 17.2 Å². The van der Waals surface area contributed by atoms with Crippen LogP contribution in [-0.2, 0) is 6.54 Å². The van der Waals surface area contributed by atoms with Gasteiger partial charge >= 0.3 is 0 Å². The van der Waals surface area contributed by atoms with Crippen molar-refractivity contribution in [3.63, 3.8) is 0 Å². The first-order valence-corrected chi connectivity index (χ1v) is 10.5. The minimum Gasteiger partial charge on any atom is -1.00 e. The van der Waals surface area contributed by atoms with E-state index in [1.807, 2.05) is 12.1 Å². The Hall–Kier alpha value is -1.99. The molecule has 2 aromatic heterocycles. The van der Waals surface area contributed by atoms with Gasteiger partial charge in [-0.1, -0.05) is 0 Å². The average molecular weight is 438 g/mol. The number of hydrogen-bond donors (Lipinski definition) is 1. The summed E-state index contributed by atoms with van der Waals surface area (Å²) < 4.78 is 16.4. The first kappa shape index (κ1) is 22.3. The van der Waals surface area contributed by atoms with E-state index in [0.717, 1.165) is 24.4 Å². The lowest BCUT2D eigenvalue weighted by molar-refractivity contribution is -0.662. The van der Waals surface area contributed by atoms with Crippen molar-refractivity contribution >= 4 is 28.2 Å². The first-order chi connectivity index (χ1) is 13.3. The number of nitrogens with two attached hydrogens (primary N) is 1. The fraction of sp³-hybridized carbons (Fsp3) is 0.238.